The topological polar surface area (TPSA) is 47.0 Å². The van der Waals surface area contributed by atoms with Crippen molar-refractivity contribution in [2.45, 2.75) is 20.3 Å². The molecule has 0 unspecified atom stereocenters. The molecule has 0 saturated carbocycles. The van der Waals surface area contributed by atoms with Crippen LogP contribution in [0.3, 0.4) is 0 Å². The van der Waals surface area contributed by atoms with Crippen molar-refractivity contribution in [1.29, 1.82) is 0 Å². The fourth-order valence-electron chi connectivity index (χ4n) is 1.81. The minimum Gasteiger partial charge on any atom is -0.438 e. The van der Waals surface area contributed by atoms with E-state index in [2.05, 4.69) is 15.3 Å². The van der Waals surface area contributed by atoms with Crippen LogP contribution in [0, 0.1) is 0 Å². The van der Waals surface area contributed by atoms with Gasteiger partial charge in [0.25, 0.3) is 0 Å². The zero-order valence-corrected chi connectivity index (χ0v) is 12.1. The van der Waals surface area contributed by atoms with Gasteiger partial charge < -0.3 is 10.1 Å². The second-order valence-electron chi connectivity index (χ2n) is 4.25. The van der Waals surface area contributed by atoms with Crippen molar-refractivity contribution in [2.75, 3.05) is 12.4 Å². The van der Waals surface area contributed by atoms with Crippen LogP contribution >= 0.6 is 0 Å². The van der Waals surface area contributed by atoms with Crippen LogP contribution in [0.2, 0.25) is 0 Å². The zero-order chi connectivity index (χ0) is 14.4. The lowest BCUT2D eigenvalue weighted by Crippen LogP contribution is -2.01. The van der Waals surface area contributed by atoms with Gasteiger partial charge in [0, 0.05) is 25.1 Å². The Balaban J connectivity index is 2.34. The zero-order valence-electron chi connectivity index (χ0n) is 12.1. The summed E-state index contributed by atoms with van der Waals surface area (Å²) in [6, 6.07) is 9.67. The third-order valence-corrected chi connectivity index (χ3v) is 2.80. The summed E-state index contributed by atoms with van der Waals surface area (Å²) in [5.41, 5.74) is 1.03. The van der Waals surface area contributed by atoms with Gasteiger partial charge in [-0.25, -0.2) is 4.98 Å². The maximum Gasteiger partial charge on any atom is 0.224 e. The highest BCUT2D eigenvalue weighted by atomic mass is 16.5. The Morgan fingerprint density at radius 3 is 2.75 bits per heavy atom. The molecular formula is C16H19N3O. The molecule has 0 aliphatic heterocycles. The molecule has 1 aromatic carbocycles. The van der Waals surface area contributed by atoms with Gasteiger partial charge in [-0.2, -0.15) is 4.98 Å². The number of ether oxygens (including phenoxy) is 1. The molecule has 0 saturated heterocycles. The van der Waals surface area contributed by atoms with Gasteiger partial charge in [0.15, 0.2) is 0 Å². The second-order valence-corrected chi connectivity index (χ2v) is 4.25. The number of para-hydroxylation sites is 1. The van der Waals surface area contributed by atoms with Gasteiger partial charge in [-0.1, -0.05) is 37.3 Å². The molecule has 4 nitrogen and oxygen atoms in total. The Kier molecular flexibility index (Phi) is 4.71. The van der Waals surface area contributed by atoms with E-state index in [1.807, 2.05) is 57.3 Å². The molecule has 0 bridgehead atoms. The lowest BCUT2D eigenvalue weighted by atomic mass is 10.2. The highest BCUT2D eigenvalue weighted by Crippen LogP contribution is 2.26. The van der Waals surface area contributed by atoms with Gasteiger partial charge in [-0.15, -0.1) is 0 Å². The van der Waals surface area contributed by atoms with Gasteiger partial charge in [0.05, 0.1) is 0 Å². The van der Waals surface area contributed by atoms with E-state index < -0.39 is 0 Å². The molecule has 0 aliphatic carbocycles. The molecule has 1 aromatic heterocycles. The summed E-state index contributed by atoms with van der Waals surface area (Å²) >= 11 is 0. The second kappa shape index (κ2) is 6.70. The molecule has 104 valence electrons. The van der Waals surface area contributed by atoms with Crippen molar-refractivity contribution in [3.05, 3.63) is 47.8 Å². The van der Waals surface area contributed by atoms with Gasteiger partial charge in [-0.3, -0.25) is 0 Å². The first-order valence-corrected chi connectivity index (χ1v) is 6.72. The number of anilines is 1. The van der Waals surface area contributed by atoms with Crippen LogP contribution in [0.15, 0.2) is 36.4 Å². The first-order chi connectivity index (χ1) is 9.76. The Morgan fingerprint density at radius 1 is 1.25 bits per heavy atom. The van der Waals surface area contributed by atoms with E-state index in [1.165, 1.54) is 0 Å². The molecule has 2 aromatic rings. The predicted octanol–water partition coefficient (Wildman–Crippen LogP) is 3.91. The van der Waals surface area contributed by atoms with Crippen LogP contribution in [0.25, 0.3) is 6.08 Å². The Morgan fingerprint density at radius 2 is 2.05 bits per heavy atom. The Hall–Kier alpha value is -2.36. The van der Waals surface area contributed by atoms with Crippen molar-refractivity contribution < 1.29 is 4.74 Å². The number of nitrogens with one attached hydrogen (secondary N) is 1. The van der Waals surface area contributed by atoms with E-state index >= 15 is 0 Å². The minimum atomic E-state index is 0.554. The van der Waals surface area contributed by atoms with Crippen LogP contribution < -0.4 is 10.1 Å². The van der Waals surface area contributed by atoms with E-state index in [9.17, 15) is 0 Å². The van der Waals surface area contributed by atoms with Crippen LogP contribution in [0.5, 0.6) is 11.6 Å². The van der Waals surface area contributed by atoms with Crippen molar-refractivity contribution in [3.8, 4) is 11.6 Å². The normalized spacial score (nSPS) is 10.8. The average Bonchev–Trinajstić information content (AvgIpc) is 2.49. The largest absolute Gasteiger partial charge is 0.438 e. The van der Waals surface area contributed by atoms with E-state index in [0.717, 1.165) is 29.4 Å². The average molecular weight is 269 g/mol. The number of hydrogen-bond donors (Lipinski definition) is 1. The van der Waals surface area contributed by atoms with E-state index in [1.54, 1.807) is 6.07 Å². The van der Waals surface area contributed by atoms with Crippen LogP contribution in [-0.4, -0.2) is 17.0 Å². The van der Waals surface area contributed by atoms with Gasteiger partial charge in [-0.05, 0) is 13.0 Å². The first-order valence-electron chi connectivity index (χ1n) is 6.72. The molecule has 0 radical (unpaired) electrons. The third kappa shape index (κ3) is 3.35. The molecule has 1 N–H and O–H groups in total. The number of hydrogen-bond acceptors (Lipinski definition) is 4. The predicted molar refractivity (Wildman–Crippen MR) is 82.2 cm³/mol. The summed E-state index contributed by atoms with van der Waals surface area (Å²) in [5.74, 6) is 2.86. The Bertz CT molecular complexity index is 586. The van der Waals surface area contributed by atoms with Crippen molar-refractivity contribution in [2.24, 2.45) is 0 Å². The standard InChI is InChI=1S/C16H19N3O/c1-4-8-12-9-6-7-10-13(12)20-16-11-15(17-3)18-14(5-2)19-16/h4,6-11H,5H2,1-3H3,(H,17,18,19)/b8-4+. The smallest absolute Gasteiger partial charge is 0.224 e. The maximum absolute atomic E-state index is 5.90. The third-order valence-electron chi connectivity index (χ3n) is 2.80. The summed E-state index contributed by atoms with van der Waals surface area (Å²) in [7, 11) is 1.83. The van der Waals surface area contributed by atoms with Gasteiger partial charge in [0.1, 0.15) is 17.4 Å². The van der Waals surface area contributed by atoms with Crippen molar-refractivity contribution in [3.63, 3.8) is 0 Å². The van der Waals surface area contributed by atoms with Crippen molar-refractivity contribution in [1.82, 2.24) is 9.97 Å². The first kappa shape index (κ1) is 14.1. The van der Waals surface area contributed by atoms with E-state index in [-0.39, 0.29) is 0 Å². The summed E-state index contributed by atoms with van der Waals surface area (Å²) in [4.78, 5) is 8.75. The quantitative estimate of drug-likeness (QED) is 0.894. The number of nitrogens with zero attached hydrogens (tertiary/aromatic N) is 2. The minimum absolute atomic E-state index is 0.554. The lowest BCUT2D eigenvalue weighted by molar-refractivity contribution is 0.458. The summed E-state index contributed by atoms with van der Waals surface area (Å²) in [6.07, 6.45) is 4.76. The number of aromatic nitrogens is 2. The summed E-state index contributed by atoms with van der Waals surface area (Å²) < 4.78 is 5.90. The SMILES string of the molecule is C/C=C/c1ccccc1Oc1cc(NC)nc(CC)n1. The van der Waals surface area contributed by atoms with Crippen LogP contribution in [0.4, 0.5) is 5.82 Å². The fourth-order valence-corrected chi connectivity index (χ4v) is 1.81. The number of rotatable bonds is 5. The molecule has 0 fully saturated rings. The number of allylic oxidation sites excluding steroid dienone is 1. The Labute approximate surface area is 119 Å². The molecule has 20 heavy (non-hydrogen) atoms. The lowest BCUT2D eigenvalue weighted by Gasteiger charge is -2.10. The summed E-state index contributed by atoms with van der Waals surface area (Å²) in [6.45, 7) is 4.00. The molecule has 0 aliphatic rings. The summed E-state index contributed by atoms with van der Waals surface area (Å²) in [5, 5.41) is 3.02. The number of aryl methyl sites for hydroxylation is 1. The fraction of sp³-hybridized carbons (Fsp3) is 0.250. The van der Waals surface area contributed by atoms with Gasteiger partial charge >= 0.3 is 0 Å². The maximum atomic E-state index is 5.90. The van der Waals surface area contributed by atoms with E-state index in [0.29, 0.717) is 5.88 Å². The monoisotopic (exact) mass is 269 g/mol. The van der Waals surface area contributed by atoms with Crippen LogP contribution in [-0.2, 0) is 6.42 Å². The van der Waals surface area contributed by atoms with E-state index in [4.69, 9.17) is 4.74 Å². The molecule has 0 spiro atoms. The molecular weight excluding hydrogens is 250 g/mol. The molecule has 1 heterocycles. The number of benzene rings is 1. The highest BCUT2D eigenvalue weighted by Gasteiger charge is 2.06. The van der Waals surface area contributed by atoms with Crippen molar-refractivity contribution >= 4 is 11.9 Å². The van der Waals surface area contributed by atoms with Gasteiger partial charge in [0.2, 0.25) is 5.88 Å². The molecule has 4 heteroatoms. The molecule has 2 rings (SSSR count). The molecule has 0 amide bonds. The molecule has 0 atom stereocenters. The highest BCUT2D eigenvalue weighted by molar-refractivity contribution is 5.57. The van der Waals surface area contributed by atoms with Crippen LogP contribution in [0.1, 0.15) is 25.2 Å².